The number of benzene rings is 1. The molecule has 1 heterocycles. The maximum absolute atomic E-state index is 13.6. The summed E-state index contributed by atoms with van der Waals surface area (Å²) in [6, 6.07) is 6.91. The molecule has 1 saturated heterocycles. The van der Waals surface area contributed by atoms with Gasteiger partial charge in [-0.05, 0) is 37.8 Å². The van der Waals surface area contributed by atoms with Gasteiger partial charge in [-0.1, -0.05) is 26.0 Å². The summed E-state index contributed by atoms with van der Waals surface area (Å²) in [6.07, 6.45) is 2.07. The highest BCUT2D eigenvalue weighted by molar-refractivity contribution is 14.0. The standard InChI is InChI=1S/C20H33FN4O.HI/c1-15(2)14-25-11-9-17(10-12-25)24-20(22-4)23-13-16(3)26-19-8-6-5-7-18(19)21;/h5-8,15-17H,9-14H2,1-4H3,(H2,22,23,24);1H. The lowest BCUT2D eigenvalue weighted by Gasteiger charge is -2.34. The average molecular weight is 492 g/mol. The van der Waals surface area contributed by atoms with Gasteiger partial charge in [-0.2, -0.15) is 0 Å². The first-order valence-electron chi connectivity index (χ1n) is 9.58. The van der Waals surface area contributed by atoms with E-state index in [-0.39, 0.29) is 41.6 Å². The number of likely N-dealkylation sites (tertiary alicyclic amines) is 1. The molecule has 5 nitrogen and oxygen atoms in total. The summed E-state index contributed by atoms with van der Waals surface area (Å²) < 4.78 is 19.3. The first-order chi connectivity index (χ1) is 12.5. The van der Waals surface area contributed by atoms with Crippen LogP contribution in [0.2, 0.25) is 0 Å². The van der Waals surface area contributed by atoms with Crippen molar-refractivity contribution in [3.8, 4) is 5.75 Å². The molecule has 0 radical (unpaired) electrons. The predicted molar refractivity (Wildman–Crippen MR) is 121 cm³/mol. The second-order valence-corrected chi connectivity index (χ2v) is 7.43. The molecule has 1 aromatic rings. The molecule has 0 bridgehead atoms. The molecule has 2 rings (SSSR count). The van der Waals surface area contributed by atoms with E-state index in [9.17, 15) is 4.39 Å². The van der Waals surface area contributed by atoms with Crippen LogP contribution >= 0.6 is 24.0 Å². The van der Waals surface area contributed by atoms with E-state index < -0.39 is 0 Å². The van der Waals surface area contributed by atoms with Crippen molar-refractivity contribution in [2.75, 3.05) is 33.2 Å². The van der Waals surface area contributed by atoms with Crippen molar-refractivity contribution in [3.05, 3.63) is 30.1 Å². The summed E-state index contributed by atoms with van der Waals surface area (Å²) in [7, 11) is 1.77. The summed E-state index contributed by atoms with van der Waals surface area (Å²) in [6.45, 7) is 10.4. The highest BCUT2D eigenvalue weighted by Gasteiger charge is 2.20. The van der Waals surface area contributed by atoms with Gasteiger partial charge in [0.05, 0.1) is 6.54 Å². The Bertz CT molecular complexity index is 577. The zero-order valence-corrected chi connectivity index (χ0v) is 19.2. The number of piperidine rings is 1. The molecule has 0 amide bonds. The molecule has 0 aliphatic carbocycles. The molecule has 1 aliphatic rings. The van der Waals surface area contributed by atoms with Crippen LogP contribution in [0, 0.1) is 11.7 Å². The second-order valence-electron chi connectivity index (χ2n) is 7.43. The van der Waals surface area contributed by atoms with Gasteiger partial charge in [0.25, 0.3) is 0 Å². The van der Waals surface area contributed by atoms with E-state index in [1.165, 1.54) is 12.6 Å². The van der Waals surface area contributed by atoms with E-state index >= 15 is 0 Å². The Morgan fingerprint density at radius 1 is 1.26 bits per heavy atom. The van der Waals surface area contributed by atoms with Crippen molar-refractivity contribution in [1.82, 2.24) is 15.5 Å². The number of nitrogens with zero attached hydrogens (tertiary/aromatic N) is 2. The van der Waals surface area contributed by atoms with Crippen LogP contribution in [0.15, 0.2) is 29.3 Å². The molecule has 7 heteroatoms. The molecule has 1 fully saturated rings. The Labute approximate surface area is 180 Å². The van der Waals surface area contributed by atoms with Gasteiger partial charge in [0.2, 0.25) is 0 Å². The lowest BCUT2D eigenvalue weighted by atomic mass is 10.0. The van der Waals surface area contributed by atoms with Gasteiger partial charge in [-0.25, -0.2) is 4.39 Å². The minimum Gasteiger partial charge on any atom is -0.486 e. The number of nitrogens with one attached hydrogen (secondary N) is 2. The summed E-state index contributed by atoms with van der Waals surface area (Å²) >= 11 is 0. The number of hydrogen-bond acceptors (Lipinski definition) is 3. The molecule has 1 aliphatic heterocycles. The Hall–Kier alpha value is -1.09. The number of para-hydroxylation sites is 1. The van der Waals surface area contributed by atoms with Gasteiger partial charge in [-0.15, -0.1) is 24.0 Å². The quantitative estimate of drug-likeness (QED) is 0.348. The minimum absolute atomic E-state index is 0. The maximum atomic E-state index is 13.6. The topological polar surface area (TPSA) is 48.9 Å². The predicted octanol–water partition coefficient (Wildman–Crippen LogP) is 3.50. The Morgan fingerprint density at radius 2 is 1.93 bits per heavy atom. The van der Waals surface area contributed by atoms with Gasteiger partial charge >= 0.3 is 0 Å². The first kappa shape index (κ1) is 23.9. The largest absolute Gasteiger partial charge is 0.486 e. The third-order valence-electron chi connectivity index (χ3n) is 4.50. The number of rotatable bonds is 7. The fourth-order valence-corrected chi connectivity index (χ4v) is 3.20. The zero-order chi connectivity index (χ0) is 18.9. The van der Waals surface area contributed by atoms with E-state index in [4.69, 9.17) is 4.74 Å². The second kappa shape index (κ2) is 12.4. The minimum atomic E-state index is -0.338. The molecule has 0 spiro atoms. The van der Waals surface area contributed by atoms with Gasteiger partial charge in [0, 0.05) is 32.7 Å². The highest BCUT2D eigenvalue weighted by atomic mass is 127. The lowest BCUT2D eigenvalue weighted by molar-refractivity contribution is 0.186. The van der Waals surface area contributed by atoms with Crippen LogP contribution in [0.1, 0.15) is 33.6 Å². The molecule has 0 aromatic heterocycles. The normalized spacial score (nSPS) is 17.3. The van der Waals surface area contributed by atoms with Gasteiger partial charge in [0.15, 0.2) is 17.5 Å². The van der Waals surface area contributed by atoms with Gasteiger partial charge < -0.3 is 20.3 Å². The van der Waals surface area contributed by atoms with E-state index in [2.05, 4.69) is 34.4 Å². The molecular formula is C20H34FIN4O. The van der Waals surface area contributed by atoms with Crippen LogP contribution in [0.25, 0.3) is 0 Å². The molecule has 1 aromatic carbocycles. The van der Waals surface area contributed by atoms with E-state index in [1.807, 2.05) is 6.92 Å². The summed E-state index contributed by atoms with van der Waals surface area (Å²) in [4.78, 5) is 6.83. The van der Waals surface area contributed by atoms with Crippen LogP contribution < -0.4 is 15.4 Å². The molecular weight excluding hydrogens is 458 g/mol. The highest BCUT2D eigenvalue weighted by Crippen LogP contribution is 2.16. The summed E-state index contributed by atoms with van der Waals surface area (Å²) in [5, 5.41) is 6.77. The van der Waals surface area contributed by atoms with E-state index in [0.717, 1.165) is 31.9 Å². The lowest BCUT2D eigenvalue weighted by Crippen LogP contribution is -2.50. The van der Waals surface area contributed by atoms with Crippen molar-refractivity contribution in [2.24, 2.45) is 10.9 Å². The third kappa shape index (κ3) is 8.64. The molecule has 154 valence electrons. The monoisotopic (exact) mass is 492 g/mol. The maximum Gasteiger partial charge on any atom is 0.191 e. The number of guanidine groups is 1. The number of hydrogen-bond donors (Lipinski definition) is 2. The van der Waals surface area contributed by atoms with Crippen LogP contribution in [0.5, 0.6) is 5.75 Å². The average Bonchev–Trinajstić information content (AvgIpc) is 2.61. The fraction of sp³-hybridized carbons (Fsp3) is 0.650. The SMILES string of the molecule is CN=C(NCC(C)Oc1ccccc1F)NC1CCN(CC(C)C)CC1.I. The summed E-state index contributed by atoms with van der Waals surface area (Å²) in [5.41, 5.74) is 0. The Balaban J connectivity index is 0.00000364. The molecule has 0 saturated carbocycles. The van der Waals surface area contributed by atoms with Crippen molar-refractivity contribution in [3.63, 3.8) is 0 Å². The van der Waals surface area contributed by atoms with E-state index in [0.29, 0.717) is 18.5 Å². The van der Waals surface area contributed by atoms with Gasteiger partial charge in [0.1, 0.15) is 6.10 Å². The molecule has 2 N–H and O–H groups in total. The Morgan fingerprint density at radius 3 is 2.52 bits per heavy atom. The number of ether oxygens (including phenoxy) is 1. The molecule has 27 heavy (non-hydrogen) atoms. The van der Waals surface area contributed by atoms with Crippen LogP contribution in [-0.4, -0.2) is 56.2 Å². The van der Waals surface area contributed by atoms with Crippen LogP contribution in [0.4, 0.5) is 4.39 Å². The first-order valence-corrected chi connectivity index (χ1v) is 9.58. The smallest absolute Gasteiger partial charge is 0.191 e. The van der Waals surface area contributed by atoms with Crippen LogP contribution in [0.3, 0.4) is 0 Å². The molecule has 1 atom stereocenters. The van der Waals surface area contributed by atoms with Crippen LogP contribution in [-0.2, 0) is 0 Å². The van der Waals surface area contributed by atoms with Crippen molar-refractivity contribution >= 4 is 29.9 Å². The van der Waals surface area contributed by atoms with Crippen molar-refractivity contribution in [1.29, 1.82) is 0 Å². The fourth-order valence-electron chi connectivity index (χ4n) is 3.20. The van der Waals surface area contributed by atoms with Crippen molar-refractivity contribution < 1.29 is 9.13 Å². The number of aliphatic imine (C=N–C) groups is 1. The van der Waals surface area contributed by atoms with E-state index in [1.54, 1.807) is 25.2 Å². The molecule has 1 unspecified atom stereocenters. The number of halogens is 2. The summed E-state index contributed by atoms with van der Waals surface area (Å²) in [5.74, 6) is 1.43. The van der Waals surface area contributed by atoms with Gasteiger partial charge in [-0.3, -0.25) is 4.99 Å². The zero-order valence-electron chi connectivity index (χ0n) is 16.9. The van der Waals surface area contributed by atoms with Crippen molar-refractivity contribution in [2.45, 2.75) is 45.8 Å². The third-order valence-corrected chi connectivity index (χ3v) is 4.50. The Kier molecular flexibility index (Phi) is 11.0.